The third kappa shape index (κ3) is 3.19. The predicted molar refractivity (Wildman–Crippen MR) is 92.1 cm³/mol. The molecule has 112 valence electrons. The van der Waals surface area contributed by atoms with Gasteiger partial charge < -0.3 is 0 Å². The summed E-state index contributed by atoms with van der Waals surface area (Å²) in [6, 6.07) is 7.41. The highest BCUT2D eigenvalue weighted by Crippen LogP contribution is 2.29. The van der Waals surface area contributed by atoms with E-state index >= 15 is 0 Å². The molecule has 1 amide bonds. The minimum atomic E-state index is -0.176. The first kappa shape index (κ1) is 15.1. The molecule has 0 radical (unpaired) electrons. The number of rotatable bonds is 3. The Balaban J connectivity index is 1.85. The van der Waals surface area contributed by atoms with Gasteiger partial charge in [-0.15, -0.1) is 22.7 Å². The first-order chi connectivity index (χ1) is 10.5. The fourth-order valence-electron chi connectivity index (χ4n) is 1.89. The molecule has 0 spiro atoms. The van der Waals surface area contributed by atoms with Gasteiger partial charge in [-0.1, -0.05) is 23.7 Å². The van der Waals surface area contributed by atoms with Gasteiger partial charge in [-0.25, -0.2) is 9.97 Å². The van der Waals surface area contributed by atoms with Crippen LogP contribution in [0.4, 0.5) is 5.13 Å². The van der Waals surface area contributed by atoms with Crippen LogP contribution < -0.4 is 5.32 Å². The highest BCUT2D eigenvalue weighted by molar-refractivity contribution is 7.17. The lowest BCUT2D eigenvalue weighted by Gasteiger charge is -1.98. The fraction of sp³-hybridized carbons (Fsp3) is 0.133. The average molecular weight is 350 g/mol. The van der Waals surface area contributed by atoms with Gasteiger partial charge in [0.05, 0.1) is 5.69 Å². The number of carbonyl (C=O) groups excluding carboxylic acids is 1. The number of halogens is 1. The molecule has 1 N–H and O–H groups in total. The molecular formula is C15H12ClN3OS2. The normalized spacial score (nSPS) is 10.7. The van der Waals surface area contributed by atoms with Gasteiger partial charge in [-0.2, -0.15) is 0 Å². The van der Waals surface area contributed by atoms with Gasteiger partial charge in [0.15, 0.2) is 5.13 Å². The zero-order valence-electron chi connectivity index (χ0n) is 11.9. The summed E-state index contributed by atoms with van der Waals surface area (Å²) in [5.41, 5.74) is 1.65. The number of nitrogens with zero attached hydrogens (tertiary/aromatic N) is 2. The highest BCUT2D eigenvalue weighted by atomic mass is 35.5. The van der Waals surface area contributed by atoms with E-state index in [1.165, 1.54) is 22.7 Å². The van der Waals surface area contributed by atoms with E-state index in [-0.39, 0.29) is 5.91 Å². The van der Waals surface area contributed by atoms with Crippen LogP contribution in [-0.4, -0.2) is 15.9 Å². The Morgan fingerprint density at radius 1 is 1.18 bits per heavy atom. The third-order valence-electron chi connectivity index (χ3n) is 2.94. The maximum Gasteiger partial charge on any atom is 0.269 e. The maximum atomic E-state index is 12.3. The van der Waals surface area contributed by atoms with E-state index in [2.05, 4.69) is 15.3 Å². The molecule has 0 saturated carbocycles. The molecule has 3 aromatic rings. The number of anilines is 1. The maximum absolute atomic E-state index is 12.3. The minimum absolute atomic E-state index is 0.176. The molecular weight excluding hydrogens is 338 g/mol. The molecule has 3 rings (SSSR count). The van der Waals surface area contributed by atoms with Crippen LogP contribution in [0.3, 0.4) is 0 Å². The zero-order chi connectivity index (χ0) is 15.7. The first-order valence-electron chi connectivity index (χ1n) is 6.50. The van der Waals surface area contributed by atoms with E-state index in [9.17, 15) is 4.79 Å². The molecule has 1 aromatic carbocycles. The molecule has 4 nitrogen and oxygen atoms in total. The van der Waals surface area contributed by atoms with Crippen molar-refractivity contribution < 1.29 is 4.79 Å². The van der Waals surface area contributed by atoms with Crippen LogP contribution in [0, 0.1) is 13.8 Å². The Morgan fingerprint density at radius 3 is 2.55 bits per heavy atom. The Morgan fingerprint density at radius 2 is 1.91 bits per heavy atom. The van der Waals surface area contributed by atoms with Crippen LogP contribution in [0.25, 0.3) is 10.6 Å². The molecule has 2 heterocycles. The molecule has 2 aromatic heterocycles. The first-order valence-corrected chi connectivity index (χ1v) is 8.51. The van der Waals surface area contributed by atoms with Crippen molar-refractivity contribution in [3.05, 3.63) is 50.9 Å². The fourth-order valence-corrected chi connectivity index (χ4v) is 3.64. The second kappa shape index (κ2) is 6.16. The molecule has 0 unspecified atom stereocenters. The van der Waals surface area contributed by atoms with Crippen molar-refractivity contribution >= 4 is 45.3 Å². The smallest absolute Gasteiger partial charge is 0.269 e. The van der Waals surface area contributed by atoms with Crippen LogP contribution in [0.2, 0.25) is 5.02 Å². The van der Waals surface area contributed by atoms with Gasteiger partial charge in [0.2, 0.25) is 0 Å². The largest absolute Gasteiger partial charge is 0.297 e. The van der Waals surface area contributed by atoms with Crippen LogP contribution in [0.1, 0.15) is 20.2 Å². The van der Waals surface area contributed by atoms with E-state index in [1.807, 2.05) is 38.1 Å². The van der Waals surface area contributed by atoms with Crippen molar-refractivity contribution in [2.75, 3.05) is 5.32 Å². The number of amides is 1. The Hall–Kier alpha value is -1.76. The summed E-state index contributed by atoms with van der Waals surface area (Å²) in [5, 5.41) is 4.89. The predicted octanol–water partition coefficient (Wildman–Crippen LogP) is 4.79. The molecule has 0 aliphatic carbocycles. The second-order valence-electron chi connectivity index (χ2n) is 4.67. The topological polar surface area (TPSA) is 54.9 Å². The van der Waals surface area contributed by atoms with Crippen molar-refractivity contribution in [2.45, 2.75) is 13.8 Å². The molecule has 0 atom stereocenters. The summed E-state index contributed by atoms with van der Waals surface area (Å²) in [4.78, 5) is 22.6. The summed E-state index contributed by atoms with van der Waals surface area (Å²) < 4.78 is 0. The summed E-state index contributed by atoms with van der Waals surface area (Å²) in [7, 11) is 0. The van der Waals surface area contributed by atoms with E-state index < -0.39 is 0 Å². The van der Waals surface area contributed by atoms with Gasteiger partial charge in [0.1, 0.15) is 9.88 Å². The SMILES string of the molecule is Cc1cnc(NC(=O)c2sc(-c3ccc(Cl)cc3)nc2C)s1. The van der Waals surface area contributed by atoms with Gasteiger partial charge in [-0.3, -0.25) is 10.1 Å². The molecule has 22 heavy (non-hydrogen) atoms. The third-order valence-corrected chi connectivity index (χ3v) is 5.22. The molecule has 0 fully saturated rings. The van der Waals surface area contributed by atoms with Gasteiger partial charge in [-0.05, 0) is 26.0 Å². The van der Waals surface area contributed by atoms with E-state index in [4.69, 9.17) is 11.6 Å². The van der Waals surface area contributed by atoms with Gasteiger partial charge in [0, 0.05) is 21.7 Å². The lowest BCUT2D eigenvalue weighted by molar-refractivity contribution is 0.103. The van der Waals surface area contributed by atoms with Crippen LogP contribution in [0.15, 0.2) is 30.5 Å². The van der Waals surface area contributed by atoms with Crippen LogP contribution >= 0.6 is 34.3 Å². The van der Waals surface area contributed by atoms with Crippen LogP contribution in [0.5, 0.6) is 0 Å². The van der Waals surface area contributed by atoms with Crippen molar-refractivity contribution in [3.8, 4) is 10.6 Å². The number of hydrogen-bond donors (Lipinski definition) is 1. The lowest BCUT2D eigenvalue weighted by Crippen LogP contribution is -2.11. The number of carbonyl (C=O) groups is 1. The Kier molecular flexibility index (Phi) is 4.24. The zero-order valence-corrected chi connectivity index (χ0v) is 14.3. The number of aromatic nitrogens is 2. The van der Waals surface area contributed by atoms with E-state index in [0.29, 0.717) is 20.7 Å². The standard InChI is InChI=1S/C15H12ClN3OS2/c1-8-7-17-15(21-8)19-13(20)12-9(2)18-14(22-12)10-3-5-11(16)6-4-10/h3-7H,1-2H3,(H,17,19,20). The lowest BCUT2D eigenvalue weighted by atomic mass is 10.2. The summed E-state index contributed by atoms with van der Waals surface area (Å²) in [6.07, 6.45) is 1.74. The number of nitrogens with one attached hydrogen (secondary N) is 1. The number of hydrogen-bond acceptors (Lipinski definition) is 5. The van der Waals surface area contributed by atoms with Crippen molar-refractivity contribution in [3.63, 3.8) is 0 Å². The van der Waals surface area contributed by atoms with Crippen molar-refractivity contribution in [1.82, 2.24) is 9.97 Å². The van der Waals surface area contributed by atoms with E-state index in [0.717, 1.165) is 15.4 Å². The summed E-state index contributed by atoms with van der Waals surface area (Å²) in [6.45, 7) is 3.78. The van der Waals surface area contributed by atoms with Gasteiger partial charge >= 0.3 is 0 Å². The second-order valence-corrected chi connectivity index (χ2v) is 7.34. The molecule has 0 saturated heterocycles. The quantitative estimate of drug-likeness (QED) is 0.739. The van der Waals surface area contributed by atoms with Gasteiger partial charge in [0.25, 0.3) is 5.91 Å². The molecule has 7 heteroatoms. The average Bonchev–Trinajstić information content (AvgIpc) is 3.06. The van der Waals surface area contributed by atoms with Crippen molar-refractivity contribution in [1.29, 1.82) is 0 Å². The molecule has 0 aliphatic heterocycles. The summed E-state index contributed by atoms with van der Waals surface area (Å²) in [5.74, 6) is -0.176. The molecule has 0 bridgehead atoms. The molecule has 0 aliphatic rings. The summed E-state index contributed by atoms with van der Waals surface area (Å²) >= 11 is 8.70. The van der Waals surface area contributed by atoms with Crippen molar-refractivity contribution in [2.24, 2.45) is 0 Å². The monoisotopic (exact) mass is 349 g/mol. The number of benzene rings is 1. The number of aryl methyl sites for hydroxylation is 2. The van der Waals surface area contributed by atoms with E-state index in [1.54, 1.807) is 6.20 Å². The van der Waals surface area contributed by atoms with Crippen LogP contribution in [-0.2, 0) is 0 Å². The number of thiazole rings is 2. The Bertz CT molecular complexity index is 824. The minimum Gasteiger partial charge on any atom is -0.297 e. The highest BCUT2D eigenvalue weighted by Gasteiger charge is 2.17. The Labute approximate surface area is 140 Å².